The van der Waals surface area contributed by atoms with Gasteiger partial charge in [0, 0.05) is 0 Å². The minimum Gasteiger partial charge on any atom is -0.396 e. The van der Waals surface area contributed by atoms with Crippen LogP contribution in [0.1, 0.15) is 0 Å². The van der Waals surface area contributed by atoms with Crippen LogP contribution >= 0.6 is 0 Å². The number of hydrogen-bond donors (Lipinski definition) is 0. The molecule has 0 aromatic carbocycles. The number of hydrogen-bond acceptors (Lipinski definition) is 6. The quantitative estimate of drug-likeness (QED) is 0.602. The molecule has 1 fully saturated rings. The van der Waals surface area contributed by atoms with Crippen molar-refractivity contribution in [1.29, 1.82) is 0 Å². The van der Waals surface area contributed by atoms with E-state index in [1.165, 1.54) is 0 Å². The van der Waals surface area contributed by atoms with Crippen molar-refractivity contribution in [2.45, 2.75) is 58.9 Å². The first kappa shape index (κ1) is 20.7. The summed E-state index contributed by atoms with van der Waals surface area (Å²) in [6.45, 7) is 20.0. The Hall–Kier alpha value is 0.692. The van der Waals surface area contributed by atoms with E-state index in [1.54, 1.807) is 0 Å². The normalized spacial score (nSPS) is 18.1. The van der Waals surface area contributed by atoms with Crippen molar-refractivity contribution in [2.75, 3.05) is 13.2 Å². The highest BCUT2D eigenvalue weighted by atomic mass is 28.5. The van der Waals surface area contributed by atoms with Gasteiger partial charge in [-0.1, -0.05) is 0 Å². The summed E-state index contributed by atoms with van der Waals surface area (Å²) in [4.78, 5) is 0. The highest BCUT2D eigenvalue weighted by Gasteiger charge is 2.57. The van der Waals surface area contributed by atoms with Gasteiger partial charge < -0.3 is 26.0 Å². The second-order valence-electron chi connectivity index (χ2n) is 8.29. The fraction of sp³-hybridized carbons (Fsp3) is 1.00. The van der Waals surface area contributed by atoms with E-state index in [2.05, 4.69) is 58.9 Å². The van der Waals surface area contributed by atoms with Crippen LogP contribution in [-0.4, -0.2) is 54.5 Å². The monoisotopic (exact) mass is 382 g/mol. The highest BCUT2D eigenvalue weighted by molar-refractivity contribution is 6.89. The third-order valence-corrected chi connectivity index (χ3v) is 13.0. The molecule has 1 heterocycles. The van der Waals surface area contributed by atoms with E-state index in [4.69, 9.17) is 26.0 Å². The fourth-order valence-electron chi connectivity index (χ4n) is 1.78. The molecule has 0 aromatic heterocycles. The first-order chi connectivity index (χ1) is 9.70. The Morgan fingerprint density at radius 2 is 0.955 bits per heavy atom. The molecule has 0 N–H and O–H groups in total. The maximum atomic E-state index is 6.36. The predicted octanol–water partition coefficient (Wildman–Crippen LogP) is 3.02. The molecule has 1 rings (SSSR count). The summed E-state index contributed by atoms with van der Waals surface area (Å²) in [6.07, 6.45) is 0. The van der Waals surface area contributed by atoms with Crippen LogP contribution in [0.3, 0.4) is 0 Å². The molecule has 22 heavy (non-hydrogen) atoms. The van der Waals surface area contributed by atoms with Gasteiger partial charge in [-0.05, 0) is 58.9 Å². The molecular weight excluding hydrogens is 351 g/mol. The molecule has 1 saturated heterocycles. The lowest BCUT2D eigenvalue weighted by Gasteiger charge is -2.41. The predicted molar refractivity (Wildman–Crippen MR) is 97.8 cm³/mol. The van der Waals surface area contributed by atoms with Crippen molar-refractivity contribution >= 4 is 41.3 Å². The smallest absolute Gasteiger partial charge is 0.396 e. The zero-order chi connectivity index (χ0) is 17.2. The average Bonchev–Trinajstić information content (AvgIpc) is 2.59. The molecule has 0 spiro atoms. The molecular formula is C11H31BO6Si4. The number of rotatable bonds is 8. The van der Waals surface area contributed by atoms with E-state index in [0.717, 1.165) is 0 Å². The molecule has 0 bridgehead atoms. The molecule has 1 aliphatic heterocycles. The summed E-state index contributed by atoms with van der Waals surface area (Å²) < 4.78 is 36.0. The van der Waals surface area contributed by atoms with Crippen molar-refractivity contribution in [1.82, 2.24) is 0 Å². The SMILES string of the molecule is C[Si](C)(C)O[Si](OB1OCCO1)(O[Si](C)(C)C)O[Si](C)(C)C. The van der Waals surface area contributed by atoms with E-state index in [-0.39, 0.29) is 0 Å². The largest absolute Gasteiger partial charge is 0.636 e. The summed E-state index contributed by atoms with van der Waals surface area (Å²) in [6, 6.07) is 0. The van der Waals surface area contributed by atoms with Crippen molar-refractivity contribution in [3.63, 3.8) is 0 Å². The Labute approximate surface area is 139 Å². The maximum Gasteiger partial charge on any atom is 0.636 e. The van der Waals surface area contributed by atoms with Crippen molar-refractivity contribution in [2.24, 2.45) is 0 Å². The van der Waals surface area contributed by atoms with Gasteiger partial charge in [0.2, 0.25) is 0 Å². The minimum absolute atomic E-state index is 0.516. The van der Waals surface area contributed by atoms with Gasteiger partial charge in [0.15, 0.2) is 25.0 Å². The zero-order valence-electron chi connectivity index (χ0n) is 15.4. The lowest BCUT2D eigenvalue weighted by molar-refractivity contribution is 0.116. The average molecular weight is 383 g/mol. The van der Waals surface area contributed by atoms with Crippen molar-refractivity contribution in [3.05, 3.63) is 0 Å². The van der Waals surface area contributed by atoms with Crippen LogP contribution in [0.15, 0.2) is 0 Å². The van der Waals surface area contributed by atoms with Crippen LogP contribution in [0.5, 0.6) is 0 Å². The van der Waals surface area contributed by atoms with E-state index >= 15 is 0 Å². The van der Waals surface area contributed by atoms with E-state index in [0.29, 0.717) is 13.2 Å². The van der Waals surface area contributed by atoms with Crippen molar-refractivity contribution < 1.29 is 26.0 Å². The van der Waals surface area contributed by atoms with Gasteiger partial charge in [0.25, 0.3) is 0 Å². The molecule has 11 heteroatoms. The van der Waals surface area contributed by atoms with Crippen LogP contribution in [0, 0.1) is 0 Å². The molecule has 0 unspecified atom stereocenters. The van der Waals surface area contributed by atoms with Gasteiger partial charge >= 0.3 is 16.4 Å². The first-order valence-electron chi connectivity index (χ1n) is 7.71. The maximum absolute atomic E-state index is 6.36. The van der Waals surface area contributed by atoms with E-state index in [1.807, 2.05) is 0 Å². The third-order valence-electron chi connectivity index (χ3n) is 2.13. The molecule has 0 radical (unpaired) electrons. The van der Waals surface area contributed by atoms with Gasteiger partial charge in [-0.2, -0.15) is 0 Å². The zero-order valence-corrected chi connectivity index (χ0v) is 19.4. The molecule has 0 aliphatic carbocycles. The molecule has 0 aromatic rings. The Kier molecular flexibility index (Phi) is 6.87. The van der Waals surface area contributed by atoms with Gasteiger partial charge in [-0.15, -0.1) is 0 Å². The lowest BCUT2D eigenvalue weighted by atomic mass is 10.3. The molecule has 1 aliphatic rings. The van der Waals surface area contributed by atoms with Crippen LogP contribution < -0.4 is 0 Å². The summed E-state index contributed by atoms with van der Waals surface area (Å²) in [7, 11) is -9.92. The topological polar surface area (TPSA) is 55.4 Å². The van der Waals surface area contributed by atoms with Crippen LogP contribution in [-0.2, 0) is 26.0 Å². The van der Waals surface area contributed by atoms with Gasteiger partial charge in [0.1, 0.15) is 0 Å². The molecule has 0 saturated carbocycles. The van der Waals surface area contributed by atoms with Gasteiger partial charge in [-0.25, -0.2) is 0 Å². The van der Waals surface area contributed by atoms with Gasteiger partial charge in [-0.3, -0.25) is 0 Å². The highest BCUT2D eigenvalue weighted by Crippen LogP contribution is 2.28. The van der Waals surface area contributed by atoms with Crippen LogP contribution in [0.4, 0.5) is 0 Å². The van der Waals surface area contributed by atoms with E-state index < -0.39 is 41.3 Å². The third kappa shape index (κ3) is 8.52. The second-order valence-corrected chi connectivity index (χ2v) is 24.7. The van der Waals surface area contributed by atoms with E-state index in [9.17, 15) is 0 Å². The molecule has 130 valence electrons. The Balaban J connectivity index is 3.08. The Bertz CT molecular complexity index is 318. The van der Waals surface area contributed by atoms with Crippen LogP contribution in [0.25, 0.3) is 0 Å². The minimum atomic E-state index is -3.33. The summed E-state index contributed by atoms with van der Waals surface area (Å²) in [5, 5.41) is 0. The molecule has 6 nitrogen and oxygen atoms in total. The lowest BCUT2D eigenvalue weighted by Crippen LogP contribution is -2.64. The summed E-state index contributed by atoms with van der Waals surface area (Å²) in [5.41, 5.74) is 0. The van der Waals surface area contributed by atoms with Crippen LogP contribution in [0.2, 0.25) is 58.9 Å². The summed E-state index contributed by atoms with van der Waals surface area (Å²) in [5.74, 6) is 0. The second kappa shape index (κ2) is 7.29. The Morgan fingerprint density at radius 3 is 1.23 bits per heavy atom. The fourth-order valence-corrected chi connectivity index (χ4v) is 13.4. The summed E-state index contributed by atoms with van der Waals surface area (Å²) >= 11 is 0. The molecule has 0 atom stereocenters. The first-order valence-corrected chi connectivity index (χ1v) is 19.6. The van der Waals surface area contributed by atoms with Crippen molar-refractivity contribution in [3.8, 4) is 0 Å². The standard InChI is InChI=1S/C11H31BO6Si4/c1-19(2,3)16-22(17-20(4,5)6,18-21(7,8)9)15-12-13-10-11-14-12/h10-11H2,1-9H3. The molecule has 0 amide bonds. The Morgan fingerprint density at radius 1 is 0.636 bits per heavy atom. The van der Waals surface area contributed by atoms with Gasteiger partial charge in [0.05, 0.1) is 13.2 Å².